The summed E-state index contributed by atoms with van der Waals surface area (Å²) >= 11 is 0. The van der Waals surface area contributed by atoms with Gasteiger partial charge in [0.15, 0.2) is 0 Å². The van der Waals surface area contributed by atoms with Crippen molar-refractivity contribution in [1.82, 2.24) is 4.90 Å². The Hall–Kier alpha value is -2.17. The maximum Gasteiger partial charge on any atom is 0.232 e. The van der Waals surface area contributed by atoms with Crippen molar-refractivity contribution in [2.45, 2.75) is 43.9 Å². The van der Waals surface area contributed by atoms with Crippen LogP contribution in [0, 0.1) is 5.92 Å². The lowest BCUT2D eigenvalue weighted by atomic mass is 9.64. The lowest BCUT2D eigenvalue weighted by Gasteiger charge is -2.37. The van der Waals surface area contributed by atoms with E-state index in [2.05, 4.69) is 4.90 Å². The smallest absolute Gasteiger partial charge is 0.232 e. The van der Waals surface area contributed by atoms with Crippen molar-refractivity contribution in [3.8, 4) is 0 Å². The number of hydrogen-bond acceptors (Lipinski definition) is 3. The number of carbonyl (C=O) groups excluding carboxylic acids is 1. The standard InChI is InChI=1S/C25H34N2O2/c26-24(29)25(21-12-6-4-7-13-21,22-14-8-5-9-15-22)23-16-18-27(20-23)17-10-2-1-3-11-19-28/h4-9,12-15,23,28H,1-3,10-11,16-20H2,(H2,26,29). The lowest BCUT2D eigenvalue weighted by Crippen LogP contribution is -2.49. The Morgan fingerprint density at radius 1 is 0.931 bits per heavy atom. The molecule has 2 aromatic rings. The zero-order chi connectivity index (χ0) is 20.5. The van der Waals surface area contributed by atoms with Gasteiger partial charge >= 0.3 is 0 Å². The van der Waals surface area contributed by atoms with Crippen LogP contribution in [-0.4, -0.2) is 42.2 Å². The molecule has 156 valence electrons. The monoisotopic (exact) mass is 394 g/mol. The second kappa shape index (κ2) is 10.6. The van der Waals surface area contributed by atoms with Crippen molar-refractivity contribution in [2.75, 3.05) is 26.2 Å². The van der Waals surface area contributed by atoms with E-state index >= 15 is 0 Å². The molecule has 1 unspecified atom stereocenters. The largest absolute Gasteiger partial charge is 0.396 e. The van der Waals surface area contributed by atoms with Crippen LogP contribution in [-0.2, 0) is 10.2 Å². The van der Waals surface area contributed by atoms with E-state index in [-0.39, 0.29) is 11.8 Å². The van der Waals surface area contributed by atoms with Crippen molar-refractivity contribution in [3.05, 3.63) is 71.8 Å². The SMILES string of the molecule is NC(=O)C(c1ccccc1)(c1ccccc1)C1CCN(CCCCCCCO)C1. The van der Waals surface area contributed by atoms with E-state index in [0.29, 0.717) is 6.61 Å². The molecule has 4 heteroatoms. The molecule has 1 saturated heterocycles. The van der Waals surface area contributed by atoms with Crippen LogP contribution in [0.15, 0.2) is 60.7 Å². The molecule has 1 aliphatic heterocycles. The molecule has 4 nitrogen and oxygen atoms in total. The molecule has 2 aromatic carbocycles. The van der Waals surface area contributed by atoms with Gasteiger partial charge in [-0.25, -0.2) is 0 Å². The number of amides is 1. The summed E-state index contributed by atoms with van der Waals surface area (Å²) in [5.41, 5.74) is 7.35. The third-order valence-electron chi connectivity index (χ3n) is 6.36. The fraction of sp³-hybridized carbons (Fsp3) is 0.480. The Morgan fingerprint density at radius 3 is 2.03 bits per heavy atom. The minimum atomic E-state index is -0.793. The molecule has 1 fully saturated rings. The van der Waals surface area contributed by atoms with Crippen LogP contribution in [0.25, 0.3) is 0 Å². The number of carbonyl (C=O) groups is 1. The first kappa shape index (κ1) is 21.5. The van der Waals surface area contributed by atoms with Gasteiger partial charge in [-0.05, 0) is 49.4 Å². The number of likely N-dealkylation sites (tertiary alicyclic amines) is 1. The topological polar surface area (TPSA) is 66.6 Å². The lowest BCUT2D eigenvalue weighted by molar-refractivity contribution is -0.123. The highest BCUT2D eigenvalue weighted by molar-refractivity contribution is 5.91. The first-order valence-electron chi connectivity index (χ1n) is 10.9. The third-order valence-corrected chi connectivity index (χ3v) is 6.36. The van der Waals surface area contributed by atoms with Crippen LogP contribution in [0.4, 0.5) is 0 Å². The summed E-state index contributed by atoms with van der Waals surface area (Å²) < 4.78 is 0. The summed E-state index contributed by atoms with van der Waals surface area (Å²) in [5.74, 6) is -0.0926. The van der Waals surface area contributed by atoms with E-state index in [9.17, 15) is 4.79 Å². The summed E-state index contributed by atoms with van der Waals surface area (Å²) in [6.07, 6.45) is 6.51. The second-order valence-electron chi connectivity index (χ2n) is 8.18. The van der Waals surface area contributed by atoms with Gasteiger partial charge in [0.2, 0.25) is 5.91 Å². The van der Waals surface area contributed by atoms with Gasteiger partial charge in [0.1, 0.15) is 5.41 Å². The van der Waals surface area contributed by atoms with E-state index < -0.39 is 5.41 Å². The quantitative estimate of drug-likeness (QED) is 0.571. The third kappa shape index (κ3) is 4.88. The molecule has 29 heavy (non-hydrogen) atoms. The minimum absolute atomic E-state index is 0.166. The molecule has 0 spiro atoms. The first-order valence-corrected chi connectivity index (χ1v) is 10.9. The molecule has 1 atom stereocenters. The second-order valence-corrected chi connectivity index (χ2v) is 8.18. The van der Waals surface area contributed by atoms with E-state index in [1.54, 1.807) is 0 Å². The summed E-state index contributed by atoms with van der Waals surface area (Å²) in [5, 5.41) is 8.89. The number of primary amides is 1. The van der Waals surface area contributed by atoms with Crippen LogP contribution in [0.2, 0.25) is 0 Å². The Bertz CT molecular complexity index is 708. The molecule has 1 heterocycles. The van der Waals surface area contributed by atoms with Crippen molar-refractivity contribution in [1.29, 1.82) is 0 Å². The van der Waals surface area contributed by atoms with E-state index in [1.807, 2.05) is 60.7 Å². The highest BCUT2D eigenvalue weighted by atomic mass is 16.2. The van der Waals surface area contributed by atoms with Crippen molar-refractivity contribution in [2.24, 2.45) is 11.7 Å². The highest BCUT2D eigenvalue weighted by Gasteiger charge is 2.49. The van der Waals surface area contributed by atoms with Gasteiger partial charge < -0.3 is 15.7 Å². The molecule has 1 amide bonds. The highest BCUT2D eigenvalue weighted by Crippen LogP contribution is 2.43. The molecule has 1 aliphatic rings. The Balaban J connectivity index is 1.77. The van der Waals surface area contributed by atoms with Gasteiger partial charge in [-0.3, -0.25) is 4.79 Å². The normalized spacial score (nSPS) is 17.5. The van der Waals surface area contributed by atoms with Crippen LogP contribution < -0.4 is 5.73 Å². The Kier molecular flexibility index (Phi) is 7.84. The molecule has 0 aromatic heterocycles. The number of nitrogens with zero attached hydrogens (tertiary/aromatic N) is 1. The van der Waals surface area contributed by atoms with Gasteiger partial charge in [-0.1, -0.05) is 79.9 Å². The molecular formula is C25H34N2O2. The van der Waals surface area contributed by atoms with Gasteiger partial charge in [0.05, 0.1) is 0 Å². The van der Waals surface area contributed by atoms with Gasteiger partial charge in [0, 0.05) is 13.2 Å². The molecule has 0 bridgehead atoms. The fourth-order valence-corrected chi connectivity index (χ4v) is 4.89. The van der Waals surface area contributed by atoms with Gasteiger partial charge in [-0.15, -0.1) is 0 Å². The zero-order valence-corrected chi connectivity index (χ0v) is 17.3. The van der Waals surface area contributed by atoms with Crippen molar-refractivity contribution < 1.29 is 9.90 Å². The van der Waals surface area contributed by atoms with Gasteiger partial charge in [-0.2, -0.15) is 0 Å². The molecular weight excluding hydrogens is 360 g/mol. The number of hydrogen-bond donors (Lipinski definition) is 2. The Morgan fingerprint density at radius 2 is 1.48 bits per heavy atom. The van der Waals surface area contributed by atoms with E-state index in [0.717, 1.165) is 50.0 Å². The molecule has 3 N–H and O–H groups in total. The molecule has 3 rings (SSSR count). The maximum atomic E-state index is 13.1. The Labute approximate surface area is 174 Å². The van der Waals surface area contributed by atoms with Crippen molar-refractivity contribution >= 4 is 5.91 Å². The number of benzene rings is 2. The average molecular weight is 395 g/mol. The summed E-state index contributed by atoms with van der Waals surface area (Å²) in [6.45, 7) is 3.26. The van der Waals surface area contributed by atoms with Crippen LogP contribution in [0.5, 0.6) is 0 Å². The maximum absolute atomic E-state index is 13.1. The predicted octanol–water partition coefficient (Wildman–Crippen LogP) is 3.72. The fourth-order valence-electron chi connectivity index (χ4n) is 4.89. The summed E-state index contributed by atoms with van der Waals surface area (Å²) in [4.78, 5) is 15.5. The average Bonchev–Trinajstić information content (AvgIpc) is 3.21. The number of nitrogens with two attached hydrogens (primary N) is 1. The molecule has 0 saturated carbocycles. The first-order chi connectivity index (χ1) is 14.2. The van der Waals surface area contributed by atoms with Gasteiger partial charge in [0.25, 0.3) is 0 Å². The minimum Gasteiger partial charge on any atom is -0.396 e. The molecule has 0 aliphatic carbocycles. The zero-order valence-electron chi connectivity index (χ0n) is 17.3. The van der Waals surface area contributed by atoms with Crippen LogP contribution >= 0.6 is 0 Å². The van der Waals surface area contributed by atoms with E-state index in [1.165, 1.54) is 19.3 Å². The van der Waals surface area contributed by atoms with Crippen LogP contribution in [0.1, 0.15) is 49.7 Å². The summed E-state index contributed by atoms with van der Waals surface area (Å²) in [6, 6.07) is 20.1. The number of unbranched alkanes of at least 4 members (excludes halogenated alkanes) is 4. The summed E-state index contributed by atoms with van der Waals surface area (Å²) in [7, 11) is 0. The van der Waals surface area contributed by atoms with Crippen molar-refractivity contribution in [3.63, 3.8) is 0 Å². The molecule has 0 radical (unpaired) electrons. The predicted molar refractivity (Wildman–Crippen MR) is 118 cm³/mol. The number of aliphatic hydroxyl groups is 1. The van der Waals surface area contributed by atoms with E-state index in [4.69, 9.17) is 10.8 Å². The van der Waals surface area contributed by atoms with Crippen LogP contribution in [0.3, 0.4) is 0 Å². The number of aliphatic hydroxyl groups excluding tert-OH is 1. The number of rotatable bonds is 11.